The lowest BCUT2D eigenvalue weighted by molar-refractivity contribution is -0.126. The second-order valence-electron chi connectivity index (χ2n) is 9.65. The Morgan fingerprint density at radius 1 is 1.09 bits per heavy atom. The molecule has 1 amide bonds. The van der Waals surface area contributed by atoms with Crippen LogP contribution in [0.2, 0.25) is 0 Å². The maximum Gasteiger partial charge on any atom is 0.243 e. The van der Waals surface area contributed by atoms with Gasteiger partial charge in [-0.1, -0.05) is 6.07 Å². The molecule has 5 rings (SSSR count). The number of carbonyl (C=O) groups excluding carboxylic acids is 1. The van der Waals surface area contributed by atoms with Crippen LogP contribution in [0, 0.1) is 5.92 Å². The Labute approximate surface area is 201 Å². The van der Waals surface area contributed by atoms with Gasteiger partial charge in [-0.2, -0.15) is 4.31 Å². The molecule has 2 aromatic rings. The van der Waals surface area contributed by atoms with Crippen molar-refractivity contribution in [2.24, 2.45) is 5.92 Å². The van der Waals surface area contributed by atoms with Crippen molar-refractivity contribution in [3.8, 4) is 0 Å². The molecule has 0 bridgehead atoms. The Balaban J connectivity index is 1.11. The summed E-state index contributed by atoms with van der Waals surface area (Å²) in [5, 5.41) is 5.30. The summed E-state index contributed by atoms with van der Waals surface area (Å²) in [6.07, 6.45) is 5.35. The summed E-state index contributed by atoms with van der Waals surface area (Å²) in [5.74, 6) is -0.0573. The van der Waals surface area contributed by atoms with E-state index in [-0.39, 0.29) is 17.9 Å². The molecule has 1 atom stereocenters. The largest absolute Gasteiger partial charge is 0.354 e. The lowest BCUT2D eigenvalue weighted by Crippen LogP contribution is -2.47. The van der Waals surface area contributed by atoms with Crippen LogP contribution in [0.4, 0.5) is 0 Å². The van der Waals surface area contributed by atoms with Crippen molar-refractivity contribution in [2.75, 3.05) is 26.2 Å². The highest BCUT2D eigenvalue weighted by Crippen LogP contribution is 2.29. The third-order valence-corrected chi connectivity index (χ3v) is 10.5. The summed E-state index contributed by atoms with van der Waals surface area (Å²) in [6.45, 7) is 5.59. The molecule has 1 unspecified atom stereocenters. The number of hydrogen-bond donors (Lipinski definition) is 1. The minimum atomic E-state index is -3.50. The topological polar surface area (TPSA) is 69.7 Å². The normalized spacial score (nSPS) is 20.9. The maximum atomic E-state index is 13.1. The number of hydrogen-bond acceptors (Lipinski definition) is 5. The third kappa shape index (κ3) is 4.76. The van der Waals surface area contributed by atoms with Crippen molar-refractivity contribution in [1.82, 2.24) is 14.5 Å². The van der Waals surface area contributed by atoms with Gasteiger partial charge in [-0.15, -0.1) is 11.3 Å². The summed E-state index contributed by atoms with van der Waals surface area (Å²) >= 11 is 1.84. The zero-order valence-corrected chi connectivity index (χ0v) is 20.9. The molecule has 1 N–H and O–H groups in total. The fourth-order valence-corrected chi connectivity index (χ4v) is 7.79. The molecule has 33 heavy (non-hydrogen) atoms. The van der Waals surface area contributed by atoms with Crippen molar-refractivity contribution in [1.29, 1.82) is 0 Å². The van der Waals surface area contributed by atoms with Gasteiger partial charge in [0.05, 0.1) is 4.90 Å². The molecule has 0 spiro atoms. The van der Waals surface area contributed by atoms with Crippen LogP contribution in [0.25, 0.3) is 0 Å². The van der Waals surface area contributed by atoms with Crippen molar-refractivity contribution in [3.63, 3.8) is 0 Å². The Morgan fingerprint density at radius 2 is 1.88 bits per heavy atom. The van der Waals surface area contributed by atoms with E-state index in [2.05, 4.69) is 28.6 Å². The van der Waals surface area contributed by atoms with Crippen LogP contribution in [0.3, 0.4) is 0 Å². The van der Waals surface area contributed by atoms with Crippen LogP contribution in [0.15, 0.2) is 34.5 Å². The molecule has 1 saturated heterocycles. The van der Waals surface area contributed by atoms with Gasteiger partial charge in [-0.25, -0.2) is 8.42 Å². The molecule has 3 aliphatic rings. The Bertz CT molecular complexity index is 1120. The highest BCUT2D eigenvalue weighted by Gasteiger charge is 2.33. The second kappa shape index (κ2) is 9.49. The summed E-state index contributed by atoms with van der Waals surface area (Å²) < 4.78 is 27.8. The molecule has 3 heterocycles. The van der Waals surface area contributed by atoms with Gasteiger partial charge < -0.3 is 5.32 Å². The van der Waals surface area contributed by atoms with Crippen LogP contribution in [0.5, 0.6) is 0 Å². The van der Waals surface area contributed by atoms with Crippen molar-refractivity contribution >= 4 is 27.3 Å². The number of fused-ring (bicyclic) bond motifs is 2. The number of thiophene rings is 1. The van der Waals surface area contributed by atoms with Gasteiger partial charge in [0.15, 0.2) is 0 Å². The van der Waals surface area contributed by atoms with Crippen molar-refractivity contribution in [2.45, 2.75) is 62.9 Å². The number of carbonyl (C=O) groups is 1. The minimum absolute atomic E-state index is 0.0599. The molecular formula is C25H33N3O3S2. The Morgan fingerprint density at radius 3 is 2.70 bits per heavy atom. The van der Waals surface area contributed by atoms with Gasteiger partial charge in [0.1, 0.15) is 0 Å². The molecule has 6 nitrogen and oxygen atoms in total. The first-order valence-electron chi connectivity index (χ1n) is 12.1. The van der Waals surface area contributed by atoms with Gasteiger partial charge >= 0.3 is 0 Å². The minimum Gasteiger partial charge on any atom is -0.354 e. The van der Waals surface area contributed by atoms with E-state index in [1.807, 2.05) is 23.5 Å². The summed E-state index contributed by atoms with van der Waals surface area (Å²) in [4.78, 5) is 17.1. The van der Waals surface area contributed by atoms with Crippen molar-refractivity contribution in [3.05, 3.63) is 51.2 Å². The maximum absolute atomic E-state index is 13.1. The number of nitrogens with one attached hydrogen (secondary N) is 1. The lowest BCUT2D eigenvalue weighted by atomic mass is 9.97. The molecule has 2 aliphatic heterocycles. The smallest absolute Gasteiger partial charge is 0.243 e. The van der Waals surface area contributed by atoms with Crippen molar-refractivity contribution < 1.29 is 13.2 Å². The average molecular weight is 488 g/mol. The number of benzene rings is 1. The van der Waals surface area contributed by atoms with E-state index in [1.165, 1.54) is 21.6 Å². The van der Waals surface area contributed by atoms with Crippen LogP contribution in [0.1, 0.15) is 47.8 Å². The molecule has 178 valence electrons. The van der Waals surface area contributed by atoms with Crippen LogP contribution < -0.4 is 5.32 Å². The lowest BCUT2D eigenvalue weighted by Gasteiger charge is -2.34. The number of sulfonamides is 1. The first-order valence-corrected chi connectivity index (χ1v) is 14.4. The second-order valence-corrected chi connectivity index (χ2v) is 12.6. The number of aryl methyl sites for hydroxylation is 2. The van der Waals surface area contributed by atoms with E-state index in [4.69, 9.17) is 0 Å². The first kappa shape index (κ1) is 23.0. The highest BCUT2D eigenvalue weighted by molar-refractivity contribution is 7.89. The average Bonchev–Trinajstić information content (AvgIpc) is 3.50. The van der Waals surface area contributed by atoms with E-state index in [0.29, 0.717) is 37.4 Å². The van der Waals surface area contributed by atoms with Crippen LogP contribution in [-0.4, -0.2) is 55.8 Å². The molecule has 1 aliphatic carbocycles. The molecule has 1 aromatic carbocycles. The van der Waals surface area contributed by atoms with E-state index in [0.717, 1.165) is 38.8 Å². The van der Waals surface area contributed by atoms with Gasteiger partial charge in [0, 0.05) is 49.6 Å². The first-order chi connectivity index (χ1) is 15.9. The standard InChI is InChI=1S/C25H33N3O3S2/c1-18(27-11-9-24-22(17-27)10-14-32-24)16-26-25(29)20-7-12-28(13-8-20)33(30,31)23-6-5-19-3-2-4-21(19)15-23/h5-6,10,14-15,18,20H,2-4,7-9,11-13,16-17H2,1H3,(H,26,29). The van der Waals surface area contributed by atoms with E-state index >= 15 is 0 Å². The molecule has 1 aromatic heterocycles. The fraction of sp³-hybridized carbons (Fsp3) is 0.560. The predicted molar refractivity (Wildman–Crippen MR) is 131 cm³/mol. The highest BCUT2D eigenvalue weighted by atomic mass is 32.2. The Kier molecular flexibility index (Phi) is 6.62. The van der Waals surface area contributed by atoms with E-state index in [1.54, 1.807) is 10.4 Å². The Hall–Kier alpha value is -1.74. The number of rotatable bonds is 6. The van der Waals surface area contributed by atoms with Gasteiger partial charge in [0.25, 0.3) is 0 Å². The molecule has 1 fully saturated rings. The van der Waals surface area contributed by atoms with E-state index in [9.17, 15) is 13.2 Å². The molecule has 0 saturated carbocycles. The van der Waals surface area contributed by atoms with Crippen LogP contribution in [-0.2, 0) is 40.6 Å². The number of piperidine rings is 1. The molecular weight excluding hydrogens is 454 g/mol. The number of amides is 1. The van der Waals surface area contributed by atoms with Gasteiger partial charge in [0.2, 0.25) is 15.9 Å². The van der Waals surface area contributed by atoms with Crippen LogP contribution >= 0.6 is 11.3 Å². The molecule has 0 radical (unpaired) electrons. The zero-order valence-electron chi connectivity index (χ0n) is 19.3. The summed E-state index contributed by atoms with van der Waals surface area (Å²) in [5.41, 5.74) is 3.86. The summed E-state index contributed by atoms with van der Waals surface area (Å²) in [6, 6.07) is 8.07. The fourth-order valence-electron chi connectivity index (χ4n) is 5.38. The quantitative estimate of drug-likeness (QED) is 0.679. The van der Waals surface area contributed by atoms with Gasteiger partial charge in [-0.05, 0) is 85.7 Å². The van der Waals surface area contributed by atoms with Gasteiger partial charge in [-0.3, -0.25) is 9.69 Å². The zero-order chi connectivity index (χ0) is 23.0. The summed E-state index contributed by atoms with van der Waals surface area (Å²) in [7, 11) is -3.50. The molecule has 8 heteroatoms. The monoisotopic (exact) mass is 487 g/mol. The van der Waals surface area contributed by atoms with E-state index < -0.39 is 10.0 Å². The number of nitrogens with zero attached hydrogens (tertiary/aromatic N) is 2. The third-order valence-electron chi connectivity index (χ3n) is 7.56. The predicted octanol–water partition coefficient (Wildman–Crippen LogP) is 3.20. The SMILES string of the molecule is CC(CNC(=O)C1CCN(S(=O)(=O)c2ccc3c(c2)CCC3)CC1)N1CCc2sccc2C1.